The lowest BCUT2D eigenvalue weighted by Gasteiger charge is -2.24. The number of halogens is 2. The van der Waals surface area contributed by atoms with Crippen LogP contribution in [0.2, 0.25) is 0 Å². The minimum absolute atomic E-state index is 0.269. The van der Waals surface area contributed by atoms with Crippen molar-refractivity contribution in [3.05, 3.63) is 34.1 Å². The smallest absolute Gasteiger partial charge is 0.239 e. The molecule has 5 heteroatoms. The van der Waals surface area contributed by atoms with Crippen LogP contribution in [0.4, 0.5) is 4.39 Å². The molecule has 0 spiro atoms. The van der Waals surface area contributed by atoms with Crippen LogP contribution in [-0.2, 0) is 4.79 Å². The van der Waals surface area contributed by atoms with Gasteiger partial charge in [0.05, 0.1) is 0 Å². The van der Waals surface area contributed by atoms with Crippen LogP contribution in [0, 0.1) is 5.82 Å². The number of carbonyl (C=O) groups excluding carboxylic acids is 1. The van der Waals surface area contributed by atoms with Crippen LogP contribution < -0.4 is 11.1 Å². The molecule has 3 nitrogen and oxygen atoms in total. The number of nitrogens with two attached hydrogens (primary N) is 1. The lowest BCUT2D eigenvalue weighted by atomic mass is 10.0. The van der Waals surface area contributed by atoms with Gasteiger partial charge in [-0.15, -0.1) is 0 Å². The van der Waals surface area contributed by atoms with Gasteiger partial charge in [-0.2, -0.15) is 0 Å². The maximum absolute atomic E-state index is 13.4. The summed E-state index contributed by atoms with van der Waals surface area (Å²) in [6.07, 6.45) is 6.88. The molecule has 1 fully saturated rings. The summed E-state index contributed by atoms with van der Waals surface area (Å²) in [7, 11) is 0. The summed E-state index contributed by atoms with van der Waals surface area (Å²) in [4.78, 5) is 11.7. The van der Waals surface area contributed by atoms with Crippen LogP contribution in [0.25, 0.3) is 0 Å². The fourth-order valence-electron chi connectivity index (χ4n) is 2.74. The zero-order valence-corrected chi connectivity index (χ0v) is 13.0. The van der Waals surface area contributed by atoms with Crippen molar-refractivity contribution in [1.82, 2.24) is 5.32 Å². The van der Waals surface area contributed by atoms with Gasteiger partial charge in [-0.1, -0.05) is 41.6 Å². The van der Waals surface area contributed by atoms with Gasteiger partial charge < -0.3 is 5.73 Å². The predicted molar refractivity (Wildman–Crippen MR) is 80.7 cm³/mol. The Hall–Kier alpha value is -0.940. The molecule has 0 heterocycles. The van der Waals surface area contributed by atoms with Crippen molar-refractivity contribution in [2.24, 2.45) is 5.73 Å². The number of hydrogen-bond acceptors (Lipinski definition) is 2. The highest BCUT2D eigenvalue weighted by Gasteiger charge is 2.24. The standard InChI is InChI=1S/C15H20BrFN2O/c16-13-8-7-10(17)9-12(13)14(15(18)20)19-11-5-3-1-2-4-6-11/h7-9,11,14,19H,1-6H2,(H2,18,20). The second-order valence-electron chi connectivity index (χ2n) is 5.36. The lowest BCUT2D eigenvalue weighted by molar-refractivity contribution is -0.120. The molecule has 110 valence electrons. The molecule has 1 aromatic rings. The number of rotatable bonds is 4. The quantitative estimate of drug-likeness (QED) is 0.823. The Kier molecular flexibility index (Phi) is 5.54. The van der Waals surface area contributed by atoms with E-state index in [0.717, 1.165) is 25.7 Å². The number of nitrogens with one attached hydrogen (secondary N) is 1. The molecule has 1 aliphatic rings. The molecular formula is C15H20BrFN2O. The number of amides is 1. The molecule has 0 saturated heterocycles. The molecule has 2 rings (SSSR count). The fraction of sp³-hybridized carbons (Fsp3) is 0.533. The van der Waals surface area contributed by atoms with Crippen molar-refractivity contribution in [2.45, 2.75) is 50.6 Å². The monoisotopic (exact) mass is 342 g/mol. The predicted octanol–water partition coefficient (Wildman–Crippen LogP) is 3.43. The van der Waals surface area contributed by atoms with Gasteiger partial charge in [0.2, 0.25) is 5.91 Å². The Labute approximate surface area is 127 Å². The molecular weight excluding hydrogens is 323 g/mol. The molecule has 0 bridgehead atoms. The molecule has 1 atom stereocenters. The molecule has 1 aromatic carbocycles. The molecule has 0 radical (unpaired) electrons. The van der Waals surface area contributed by atoms with Crippen LogP contribution >= 0.6 is 15.9 Å². The van der Waals surface area contributed by atoms with E-state index in [0.29, 0.717) is 10.0 Å². The lowest BCUT2D eigenvalue weighted by Crippen LogP contribution is -2.40. The molecule has 1 amide bonds. The van der Waals surface area contributed by atoms with Crippen molar-refractivity contribution >= 4 is 21.8 Å². The largest absolute Gasteiger partial charge is 0.368 e. The molecule has 1 unspecified atom stereocenters. The first-order valence-corrected chi connectivity index (χ1v) is 7.87. The van der Waals surface area contributed by atoms with E-state index in [9.17, 15) is 9.18 Å². The minimum Gasteiger partial charge on any atom is -0.368 e. The SMILES string of the molecule is NC(=O)C(NC1CCCCCC1)c1cc(F)ccc1Br. The highest BCUT2D eigenvalue weighted by molar-refractivity contribution is 9.10. The van der Waals surface area contributed by atoms with E-state index in [4.69, 9.17) is 5.73 Å². The number of carbonyl (C=O) groups is 1. The summed E-state index contributed by atoms with van der Waals surface area (Å²) in [5.74, 6) is -0.835. The molecule has 0 aromatic heterocycles. The second kappa shape index (κ2) is 7.18. The van der Waals surface area contributed by atoms with Crippen molar-refractivity contribution in [1.29, 1.82) is 0 Å². The van der Waals surface area contributed by atoms with E-state index in [-0.39, 0.29) is 11.9 Å². The van der Waals surface area contributed by atoms with Gasteiger partial charge in [0, 0.05) is 10.5 Å². The second-order valence-corrected chi connectivity index (χ2v) is 6.21. The van der Waals surface area contributed by atoms with E-state index in [1.165, 1.54) is 25.0 Å². The maximum atomic E-state index is 13.4. The van der Waals surface area contributed by atoms with Gasteiger partial charge in [-0.05, 0) is 36.6 Å². The van der Waals surface area contributed by atoms with Crippen molar-refractivity contribution < 1.29 is 9.18 Å². The van der Waals surface area contributed by atoms with Gasteiger partial charge in [0.1, 0.15) is 11.9 Å². The van der Waals surface area contributed by atoms with E-state index in [1.54, 1.807) is 6.07 Å². The normalized spacial score (nSPS) is 18.5. The first-order valence-electron chi connectivity index (χ1n) is 7.08. The van der Waals surface area contributed by atoms with Crippen LogP contribution in [0.1, 0.15) is 50.1 Å². The zero-order valence-electron chi connectivity index (χ0n) is 11.4. The highest BCUT2D eigenvalue weighted by Crippen LogP contribution is 2.27. The number of hydrogen-bond donors (Lipinski definition) is 2. The average Bonchev–Trinajstić information content (AvgIpc) is 2.67. The average molecular weight is 343 g/mol. The number of primary amides is 1. The first-order chi connectivity index (χ1) is 9.58. The zero-order chi connectivity index (χ0) is 14.5. The molecule has 0 aliphatic heterocycles. The van der Waals surface area contributed by atoms with Crippen LogP contribution in [-0.4, -0.2) is 11.9 Å². The summed E-state index contributed by atoms with van der Waals surface area (Å²) in [5.41, 5.74) is 6.07. The summed E-state index contributed by atoms with van der Waals surface area (Å²) < 4.78 is 14.1. The van der Waals surface area contributed by atoms with Crippen LogP contribution in [0.5, 0.6) is 0 Å². The van der Waals surface area contributed by atoms with Gasteiger partial charge in [-0.3, -0.25) is 10.1 Å². The highest BCUT2D eigenvalue weighted by atomic mass is 79.9. The van der Waals surface area contributed by atoms with E-state index in [2.05, 4.69) is 21.2 Å². The molecule has 20 heavy (non-hydrogen) atoms. The Morgan fingerprint density at radius 1 is 1.30 bits per heavy atom. The third-order valence-electron chi connectivity index (χ3n) is 3.81. The van der Waals surface area contributed by atoms with Crippen LogP contribution in [0.15, 0.2) is 22.7 Å². The summed E-state index contributed by atoms with van der Waals surface area (Å²) in [5, 5.41) is 3.31. The summed E-state index contributed by atoms with van der Waals surface area (Å²) in [6.45, 7) is 0. The fourth-order valence-corrected chi connectivity index (χ4v) is 3.22. The summed E-state index contributed by atoms with van der Waals surface area (Å²) in [6, 6.07) is 3.95. The van der Waals surface area contributed by atoms with E-state index >= 15 is 0 Å². The Bertz CT molecular complexity index is 473. The third-order valence-corrected chi connectivity index (χ3v) is 4.53. The van der Waals surface area contributed by atoms with Crippen molar-refractivity contribution in [3.8, 4) is 0 Å². The van der Waals surface area contributed by atoms with Gasteiger partial charge >= 0.3 is 0 Å². The first kappa shape index (κ1) is 15.4. The summed E-state index contributed by atoms with van der Waals surface area (Å²) >= 11 is 3.37. The molecule has 3 N–H and O–H groups in total. The maximum Gasteiger partial charge on any atom is 0.239 e. The van der Waals surface area contributed by atoms with Gasteiger partial charge in [-0.25, -0.2) is 4.39 Å². The van der Waals surface area contributed by atoms with E-state index < -0.39 is 11.9 Å². The van der Waals surface area contributed by atoms with E-state index in [1.807, 2.05) is 0 Å². The van der Waals surface area contributed by atoms with Gasteiger partial charge in [0.25, 0.3) is 0 Å². The minimum atomic E-state index is -0.650. The van der Waals surface area contributed by atoms with Crippen molar-refractivity contribution in [2.75, 3.05) is 0 Å². The third kappa shape index (κ3) is 4.03. The van der Waals surface area contributed by atoms with Gasteiger partial charge in [0.15, 0.2) is 0 Å². The molecule has 1 aliphatic carbocycles. The Morgan fingerprint density at radius 3 is 2.55 bits per heavy atom. The topological polar surface area (TPSA) is 55.1 Å². The van der Waals surface area contributed by atoms with Crippen LogP contribution in [0.3, 0.4) is 0 Å². The Balaban J connectivity index is 2.17. The van der Waals surface area contributed by atoms with Crippen molar-refractivity contribution in [3.63, 3.8) is 0 Å². The number of benzene rings is 1. The Morgan fingerprint density at radius 2 is 1.95 bits per heavy atom. The molecule has 1 saturated carbocycles.